The van der Waals surface area contributed by atoms with Crippen molar-refractivity contribution < 1.29 is 4.42 Å². The van der Waals surface area contributed by atoms with Gasteiger partial charge in [-0.1, -0.05) is 12.8 Å². The molecule has 1 atom stereocenters. The molecule has 0 amide bonds. The van der Waals surface area contributed by atoms with Crippen LogP contribution >= 0.6 is 0 Å². The van der Waals surface area contributed by atoms with Crippen LogP contribution < -0.4 is 11.3 Å². The van der Waals surface area contributed by atoms with Gasteiger partial charge < -0.3 is 4.42 Å². The molecule has 1 aliphatic carbocycles. The molecule has 1 heterocycles. The Labute approximate surface area is 78.3 Å². The predicted molar refractivity (Wildman–Crippen MR) is 50.7 cm³/mol. The van der Waals surface area contributed by atoms with Crippen molar-refractivity contribution in [3.63, 3.8) is 0 Å². The van der Waals surface area contributed by atoms with Crippen molar-refractivity contribution in [1.29, 1.82) is 0 Å². The first-order chi connectivity index (χ1) is 6.42. The molecule has 72 valence electrons. The second kappa shape index (κ2) is 3.94. The van der Waals surface area contributed by atoms with Crippen LogP contribution in [0.15, 0.2) is 22.8 Å². The Hall–Kier alpha value is -0.800. The number of furan rings is 1. The Morgan fingerprint density at radius 3 is 2.77 bits per heavy atom. The van der Waals surface area contributed by atoms with E-state index in [1.165, 1.54) is 25.7 Å². The number of nitrogens with two attached hydrogens (primary N) is 1. The van der Waals surface area contributed by atoms with E-state index in [9.17, 15) is 0 Å². The van der Waals surface area contributed by atoms with Crippen LogP contribution in [0.1, 0.15) is 37.5 Å². The highest BCUT2D eigenvalue weighted by atomic mass is 16.3. The van der Waals surface area contributed by atoms with Crippen LogP contribution in [0, 0.1) is 5.92 Å². The van der Waals surface area contributed by atoms with Gasteiger partial charge in [-0.2, -0.15) is 0 Å². The summed E-state index contributed by atoms with van der Waals surface area (Å²) in [5.41, 5.74) is 2.85. The van der Waals surface area contributed by atoms with Crippen LogP contribution in [0.4, 0.5) is 0 Å². The molecule has 0 aliphatic heterocycles. The van der Waals surface area contributed by atoms with Gasteiger partial charge in [-0.05, 0) is 30.9 Å². The number of hydrogen-bond acceptors (Lipinski definition) is 3. The maximum atomic E-state index is 5.53. The quantitative estimate of drug-likeness (QED) is 0.552. The molecule has 0 bridgehead atoms. The highest BCUT2D eigenvalue weighted by Crippen LogP contribution is 2.35. The summed E-state index contributed by atoms with van der Waals surface area (Å²) < 4.78 is 5.36. The summed E-state index contributed by atoms with van der Waals surface area (Å²) in [5, 5.41) is 0. The van der Waals surface area contributed by atoms with Gasteiger partial charge in [0.25, 0.3) is 0 Å². The highest BCUT2D eigenvalue weighted by molar-refractivity contribution is 5.06. The van der Waals surface area contributed by atoms with Gasteiger partial charge in [0.1, 0.15) is 5.76 Å². The summed E-state index contributed by atoms with van der Waals surface area (Å²) in [6.45, 7) is 0. The highest BCUT2D eigenvalue weighted by Gasteiger charge is 2.26. The minimum absolute atomic E-state index is 0.206. The van der Waals surface area contributed by atoms with Crippen molar-refractivity contribution in [3.05, 3.63) is 24.2 Å². The lowest BCUT2D eigenvalue weighted by Crippen LogP contribution is -2.32. The van der Waals surface area contributed by atoms with Crippen molar-refractivity contribution in [2.75, 3.05) is 0 Å². The maximum absolute atomic E-state index is 5.53. The Balaban J connectivity index is 2.08. The summed E-state index contributed by atoms with van der Waals surface area (Å²) in [7, 11) is 0. The summed E-state index contributed by atoms with van der Waals surface area (Å²) in [5.74, 6) is 7.15. The minimum atomic E-state index is 0.206. The molecule has 2 rings (SSSR count). The van der Waals surface area contributed by atoms with Crippen LogP contribution in [0.2, 0.25) is 0 Å². The average Bonchev–Trinajstić information content (AvgIpc) is 2.76. The number of nitrogens with one attached hydrogen (secondary N) is 1. The van der Waals surface area contributed by atoms with E-state index in [2.05, 4.69) is 5.43 Å². The van der Waals surface area contributed by atoms with E-state index in [0.717, 1.165) is 5.76 Å². The lowest BCUT2D eigenvalue weighted by atomic mass is 9.97. The van der Waals surface area contributed by atoms with Crippen LogP contribution in [0.25, 0.3) is 0 Å². The fourth-order valence-electron chi connectivity index (χ4n) is 2.21. The molecule has 3 nitrogen and oxygen atoms in total. The Kier molecular flexibility index (Phi) is 2.66. The first-order valence-electron chi connectivity index (χ1n) is 4.91. The molecule has 1 aromatic heterocycles. The monoisotopic (exact) mass is 180 g/mol. The molecule has 1 unspecified atom stereocenters. The summed E-state index contributed by atoms with van der Waals surface area (Å²) in [6.07, 6.45) is 6.87. The van der Waals surface area contributed by atoms with E-state index < -0.39 is 0 Å². The van der Waals surface area contributed by atoms with Gasteiger partial charge in [-0.3, -0.25) is 5.84 Å². The third kappa shape index (κ3) is 1.76. The van der Waals surface area contributed by atoms with E-state index in [0.29, 0.717) is 5.92 Å². The van der Waals surface area contributed by atoms with Crippen molar-refractivity contribution >= 4 is 0 Å². The van der Waals surface area contributed by atoms with Gasteiger partial charge in [-0.15, -0.1) is 0 Å². The zero-order valence-electron chi connectivity index (χ0n) is 7.70. The van der Waals surface area contributed by atoms with E-state index in [-0.39, 0.29) is 6.04 Å². The molecule has 0 saturated heterocycles. The standard InChI is InChI=1S/C10H16N2O/c11-12-10(8-4-1-2-5-8)9-6-3-7-13-9/h3,6-8,10,12H,1-2,4-5,11H2. The predicted octanol–water partition coefficient (Wildman–Crippen LogP) is 1.97. The van der Waals surface area contributed by atoms with E-state index in [1.807, 2.05) is 12.1 Å². The molecular formula is C10H16N2O. The molecular weight excluding hydrogens is 164 g/mol. The van der Waals surface area contributed by atoms with Gasteiger partial charge in [-0.25, -0.2) is 5.43 Å². The van der Waals surface area contributed by atoms with Crippen molar-refractivity contribution in [1.82, 2.24) is 5.43 Å². The third-order valence-electron chi connectivity index (χ3n) is 2.90. The molecule has 1 aromatic rings. The molecule has 13 heavy (non-hydrogen) atoms. The number of rotatable bonds is 3. The van der Waals surface area contributed by atoms with Crippen molar-refractivity contribution in [2.24, 2.45) is 11.8 Å². The lowest BCUT2D eigenvalue weighted by molar-refractivity contribution is 0.316. The first-order valence-corrected chi connectivity index (χ1v) is 4.91. The Morgan fingerprint density at radius 2 is 2.23 bits per heavy atom. The zero-order chi connectivity index (χ0) is 9.10. The van der Waals surface area contributed by atoms with Crippen molar-refractivity contribution in [2.45, 2.75) is 31.7 Å². The molecule has 1 fully saturated rings. The fraction of sp³-hybridized carbons (Fsp3) is 0.600. The smallest absolute Gasteiger partial charge is 0.122 e. The summed E-state index contributed by atoms with van der Waals surface area (Å²) >= 11 is 0. The summed E-state index contributed by atoms with van der Waals surface area (Å²) in [6, 6.07) is 4.11. The number of hydrogen-bond donors (Lipinski definition) is 2. The van der Waals surface area contributed by atoms with Gasteiger partial charge in [0, 0.05) is 0 Å². The largest absolute Gasteiger partial charge is 0.468 e. The molecule has 0 aromatic carbocycles. The molecule has 3 N–H and O–H groups in total. The van der Waals surface area contributed by atoms with Gasteiger partial charge in [0.15, 0.2) is 0 Å². The lowest BCUT2D eigenvalue weighted by Gasteiger charge is -2.19. The Morgan fingerprint density at radius 1 is 1.46 bits per heavy atom. The summed E-state index contributed by atoms with van der Waals surface area (Å²) in [4.78, 5) is 0. The van der Waals surface area contributed by atoms with E-state index >= 15 is 0 Å². The van der Waals surface area contributed by atoms with Crippen LogP contribution in [-0.4, -0.2) is 0 Å². The molecule has 0 radical (unpaired) electrons. The molecule has 3 heteroatoms. The van der Waals surface area contributed by atoms with Gasteiger partial charge in [0.05, 0.1) is 12.3 Å². The first kappa shape index (κ1) is 8.78. The average molecular weight is 180 g/mol. The molecule has 0 spiro atoms. The van der Waals surface area contributed by atoms with E-state index in [1.54, 1.807) is 6.26 Å². The normalized spacial score (nSPS) is 20.7. The second-order valence-corrected chi connectivity index (χ2v) is 3.70. The van der Waals surface area contributed by atoms with Gasteiger partial charge >= 0.3 is 0 Å². The zero-order valence-corrected chi connectivity index (χ0v) is 7.70. The molecule has 1 saturated carbocycles. The van der Waals surface area contributed by atoms with Crippen LogP contribution in [-0.2, 0) is 0 Å². The van der Waals surface area contributed by atoms with Gasteiger partial charge in [0.2, 0.25) is 0 Å². The SMILES string of the molecule is NNC(c1ccco1)C1CCCC1. The number of hydrazine groups is 1. The third-order valence-corrected chi connectivity index (χ3v) is 2.90. The minimum Gasteiger partial charge on any atom is -0.468 e. The maximum Gasteiger partial charge on any atom is 0.122 e. The topological polar surface area (TPSA) is 51.2 Å². The molecule has 1 aliphatic rings. The Bertz CT molecular complexity index is 239. The van der Waals surface area contributed by atoms with Crippen LogP contribution in [0.3, 0.4) is 0 Å². The fourth-order valence-corrected chi connectivity index (χ4v) is 2.21. The van der Waals surface area contributed by atoms with Crippen LogP contribution in [0.5, 0.6) is 0 Å². The van der Waals surface area contributed by atoms with E-state index in [4.69, 9.17) is 10.3 Å². The van der Waals surface area contributed by atoms with Crippen molar-refractivity contribution in [3.8, 4) is 0 Å². The second-order valence-electron chi connectivity index (χ2n) is 3.70.